The lowest BCUT2D eigenvalue weighted by atomic mass is 10.5. The highest BCUT2D eigenvalue weighted by Gasteiger charge is 2.01. The summed E-state index contributed by atoms with van der Waals surface area (Å²) in [6, 6.07) is 0. The van der Waals surface area contributed by atoms with E-state index in [0.29, 0.717) is 18.3 Å². The second-order valence-electron chi connectivity index (χ2n) is 2.99. The number of anilines is 1. The Morgan fingerprint density at radius 3 is 3.00 bits per heavy atom. The van der Waals surface area contributed by atoms with Crippen LogP contribution in [0.2, 0.25) is 0 Å². The van der Waals surface area contributed by atoms with E-state index in [1.807, 2.05) is 13.2 Å². The fourth-order valence-corrected chi connectivity index (χ4v) is 1.11. The minimum atomic E-state index is 0.545. The Bertz CT molecular complexity index is 379. The summed E-state index contributed by atoms with van der Waals surface area (Å²) in [6.07, 6.45) is 3.62. The van der Waals surface area contributed by atoms with Gasteiger partial charge in [-0.3, -0.25) is 4.68 Å². The molecule has 0 radical (unpaired) electrons. The van der Waals surface area contributed by atoms with Crippen molar-refractivity contribution in [2.24, 2.45) is 7.05 Å². The average Bonchev–Trinajstić information content (AvgIpc) is 2.72. The third-order valence-corrected chi connectivity index (χ3v) is 1.73. The third kappa shape index (κ3) is 1.90. The molecule has 0 saturated carbocycles. The molecule has 0 aliphatic rings. The van der Waals surface area contributed by atoms with Gasteiger partial charge in [0.25, 0.3) is 0 Å². The van der Waals surface area contributed by atoms with Crippen LogP contribution in [-0.2, 0) is 13.6 Å². The van der Waals surface area contributed by atoms with Gasteiger partial charge in [0.2, 0.25) is 5.89 Å². The molecule has 0 aliphatic heterocycles. The van der Waals surface area contributed by atoms with Crippen molar-refractivity contribution >= 4 is 5.69 Å². The average molecular weight is 193 g/mol. The molecule has 0 amide bonds. The molecule has 2 aromatic heterocycles. The number of nitrogens with one attached hydrogen (secondary N) is 1. The lowest BCUT2D eigenvalue weighted by Gasteiger charge is -1.96. The van der Waals surface area contributed by atoms with Crippen LogP contribution in [0.5, 0.6) is 0 Å². The van der Waals surface area contributed by atoms with E-state index >= 15 is 0 Å². The zero-order valence-electron chi connectivity index (χ0n) is 8.06. The SMILES string of the molecule is Cc1nc(CNc2cnn(C)c2)no1. The monoisotopic (exact) mass is 193 g/mol. The van der Waals surface area contributed by atoms with Crippen LogP contribution in [0.1, 0.15) is 11.7 Å². The Labute approximate surface area is 80.9 Å². The van der Waals surface area contributed by atoms with Crippen LogP contribution in [0.25, 0.3) is 0 Å². The zero-order valence-corrected chi connectivity index (χ0v) is 8.06. The predicted molar refractivity (Wildman–Crippen MR) is 49.6 cm³/mol. The summed E-state index contributed by atoms with van der Waals surface area (Å²) in [7, 11) is 1.86. The second kappa shape index (κ2) is 3.49. The number of hydrogen-bond acceptors (Lipinski definition) is 5. The maximum absolute atomic E-state index is 4.84. The van der Waals surface area contributed by atoms with Gasteiger partial charge in [0.1, 0.15) is 0 Å². The lowest BCUT2D eigenvalue weighted by molar-refractivity contribution is 0.388. The fourth-order valence-electron chi connectivity index (χ4n) is 1.11. The molecule has 0 fully saturated rings. The first-order valence-corrected chi connectivity index (χ1v) is 4.26. The van der Waals surface area contributed by atoms with E-state index in [9.17, 15) is 0 Å². The highest BCUT2D eigenvalue weighted by atomic mass is 16.5. The standard InChI is InChI=1S/C8H11N5O/c1-6-11-8(12-14-6)4-9-7-3-10-13(2)5-7/h3,5,9H,4H2,1-2H3. The van der Waals surface area contributed by atoms with Crippen molar-refractivity contribution in [2.75, 3.05) is 5.32 Å². The Kier molecular flexibility index (Phi) is 2.18. The van der Waals surface area contributed by atoms with E-state index in [0.717, 1.165) is 5.69 Å². The quantitative estimate of drug-likeness (QED) is 0.778. The summed E-state index contributed by atoms with van der Waals surface area (Å²) in [5.74, 6) is 1.22. The molecule has 0 aliphatic carbocycles. The van der Waals surface area contributed by atoms with E-state index < -0.39 is 0 Å². The lowest BCUT2D eigenvalue weighted by Crippen LogP contribution is -2.00. The zero-order chi connectivity index (χ0) is 9.97. The Balaban J connectivity index is 1.94. The first-order chi connectivity index (χ1) is 6.74. The van der Waals surface area contributed by atoms with Crippen molar-refractivity contribution < 1.29 is 4.52 Å². The smallest absolute Gasteiger partial charge is 0.223 e. The van der Waals surface area contributed by atoms with Gasteiger partial charge >= 0.3 is 0 Å². The van der Waals surface area contributed by atoms with Gasteiger partial charge in [0.15, 0.2) is 5.82 Å². The molecule has 0 aromatic carbocycles. The number of nitrogens with zero attached hydrogens (tertiary/aromatic N) is 4. The summed E-state index contributed by atoms with van der Waals surface area (Å²) in [5, 5.41) is 10.9. The van der Waals surface area contributed by atoms with Crippen molar-refractivity contribution in [3.8, 4) is 0 Å². The summed E-state index contributed by atoms with van der Waals surface area (Å²) in [5.41, 5.74) is 0.940. The summed E-state index contributed by atoms with van der Waals surface area (Å²) in [6.45, 7) is 2.31. The molecule has 0 bridgehead atoms. The van der Waals surface area contributed by atoms with Crippen LogP contribution >= 0.6 is 0 Å². The van der Waals surface area contributed by atoms with Crippen LogP contribution in [0.3, 0.4) is 0 Å². The molecule has 74 valence electrons. The molecule has 0 unspecified atom stereocenters. The third-order valence-electron chi connectivity index (χ3n) is 1.73. The van der Waals surface area contributed by atoms with E-state index in [-0.39, 0.29) is 0 Å². The molecule has 2 heterocycles. The molecule has 0 atom stereocenters. The van der Waals surface area contributed by atoms with E-state index in [4.69, 9.17) is 4.52 Å². The summed E-state index contributed by atoms with van der Waals surface area (Å²) >= 11 is 0. The Hall–Kier alpha value is -1.85. The molecule has 1 N–H and O–H groups in total. The Morgan fingerprint density at radius 2 is 2.43 bits per heavy atom. The molecule has 0 spiro atoms. The van der Waals surface area contributed by atoms with E-state index in [1.165, 1.54) is 0 Å². The fraction of sp³-hybridized carbons (Fsp3) is 0.375. The van der Waals surface area contributed by atoms with Crippen LogP contribution in [0.15, 0.2) is 16.9 Å². The van der Waals surface area contributed by atoms with Crippen molar-refractivity contribution in [2.45, 2.75) is 13.5 Å². The summed E-state index contributed by atoms with van der Waals surface area (Å²) < 4.78 is 6.56. The molecule has 6 heteroatoms. The van der Waals surface area contributed by atoms with Crippen molar-refractivity contribution in [3.63, 3.8) is 0 Å². The van der Waals surface area contributed by atoms with Crippen molar-refractivity contribution in [1.82, 2.24) is 19.9 Å². The minimum Gasteiger partial charge on any atom is -0.375 e. The van der Waals surface area contributed by atoms with Crippen LogP contribution < -0.4 is 5.32 Å². The first-order valence-electron chi connectivity index (χ1n) is 4.26. The van der Waals surface area contributed by atoms with Crippen molar-refractivity contribution in [3.05, 3.63) is 24.1 Å². The molecule has 0 saturated heterocycles. The second-order valence-corrected chi connectivity index (χ2v) is 2.99. The normalized spacial score (nSPS) is 10.4. The van der Waals surface area contributed by atoms with Gasteiger partial charge in [-0.2, -0.15) is 10.1 Å². The highest BCUT2D eigenvalue weighted by Crippen LogP contribution is 2.05. The number of aryl methyl sites for hydroxylation is 2. The number of aromatic nitrogens is 4. The maximum atomic E-state index is 4.84. The summed E-state index contributed by atoms with van der Waals surface area (Å²) in [4.78, 5) is 4.07. The van der Waals surface area contributed by atoms with E-state index in [1.54, 1.807) is 17.8 Å². The molecule has 2 aromatic rings. The first kappa shape index (κ1) is 8.74. The van der Waals surface area contributed by atoms with Gasteiger partial charge in [-0.15, -0.1) is 0 Å². The van der Waals surface area contributed by atoms with Gasteiger partial charge in [0.05, 0.1) is 18.4 Å². The van der Waals surface area contributed by atoms with E-state index in [2.05, 4.69) is 20.6 Å². The van der Waals surface area contributed by atoms with Gasteiger partial charge in [0, 0.05) is 20.2 Å². The van der Waals surface area contributed by atoms with Gasteiger partial charge in [-0.05, 0) is 0 Å². The van der Waals surface area contributed by atoms with Crippen LogP contribution in [0.4, 0.5) is 5.69 Å². The highest BCUT2D eigenvalue weighted by molar-refractivity contribution is 5.37. The predicted octanol–water partition coefficient (Wildman–Crippen LogP) is 0.724. The number of hydrogen-bond donors (Lipinski definition) is 1. The molecule has 6 nitrogen and oxygen atoms in total. The number of rotatable bonds is 3. The van der Waals surface area contributed by atoms with Gasteiger partial charge in [-0.25, -0.2) is 0 Å². The minimum absolute atomic E-state index is 0.545. The molecule has 2 rings (SSSR count). The topological polar surface area (TPSA) is 68.8 Å². The van der Waals surface area contributed by atoms with Gasteiger partial charge in [-0.1, -0.05) is 5.16 Å². The molecular weight excluding hydrogens is 182 g/mol. The van der Waals surface area contributed by atoms with Gasteiger partial charge < -0.3 is 9.84 Å². The van der Waals surface area contributed by atoms with Crippen LogP contribution in [-0.4, -0.2) is 19.9 Å². The van der Waals surface area contributed by atoms with Crippen LogP contribution in [0, 0.1) is 6.92 Å². The molecule has 14 heavy (non-hydrogen) atoms. The van der Waals surface area contributed by atoms with Crippen molar-refractivity contribution in [1.29, 1.82) is 0 Å². The largest absolute Gasteiger partial charge is 0.375 e. The maximum Gasteiger partial charge on any atom is 0.223 e. The Morgan fingerprint density at radius 1 is 1.57 bits per heavy atom. The molecular formula is C8H11N5O.